The molecule has 1 aliphatic heterocycles. The third-order valence-corrected chi connectivity index (χ3v) is 3.82. The molecule has 0 spiro atoms. The summed E-state index contributed by atoms with van der Waals surface area (Å²) in [6.07, 6.45) is 0. The van der Waals surface area contributed by atoms with Gasteiger partial charge in [0.05, 0.1) is 6.61 Å². The van der Waals surface area contributed by atoms with Crippen molar-refractivity contribution < 1.29 is 19.0 Å². The summed E-state index contributed by atoms with van der Waals surface area (Å²) >= 11 is 0. The minimum Gasteiger partial charge on any atom is -0.508 e. The van der Waals surface area contributed by atoms with Crippen LogP contribution in [0.1, 0.15) is 5.56 Å². The highest BCUT2D eigenvalue weighted by atomic mass is 16.7. The summed E-state index contributed by atoms with van der Waals surface area (Å²) in [4.78, 5) is 16.4. The maximum absolute atomic E-state index is 11.9. The lowest BCUT2D eigenvalue weighted by Crippen LogP contribution is -2.08. The van der Waals surface area contributed by atoms with Gasteiger partial charge < -0.3 is 19.0 Å². The molecule has 2 aromatic rings. The summed E-state index contributed by atoms with van der Waals surface area (Å²) in [5, 5.41) is 9.56. The lowest BCUT2D eigenvalue weighted by Gasteiger charge is -2.12. The molecule has 0 amide bonds. The number of fused-ring (bicyclic) bond motifs is 2. The van der Waals surface area contributed by atoms with Gasteiger partial charge in [-0.25, -0.2) is 4.98 Å². The molecule has 1 aliphatic carbocycles. The van der Waals surface area contributed by atoms with Crippen molar-refractivity contribution in [1.82, 2.24) is 4.98 Å². The number of rotatable bonds is 5. The van der Waals surface area contributed by atoms with E-state index in [2.05, 4.69) is 4.98 Å². The van der Waals surface area contributed by atoms with Crippen LogP contribution in [0, 0.1) is 0 Å². The summed E-state index contributed by atoms with van der Waals surface area (Å²) in [6.45, 7) is 0.374. The number of phenols is 1. The molecule has 0 radical (unpaired) electrons. The standard InChI is InChI=1S/C20H15NO5/c22-14-6-7-16-17(8-14)26-19-10-15(23)9-18(20(19)21-16)25-12-24-11-13-4-2-1-3-5-13/h1-10,22H,11-12H2. The molecule has 2 aromatic carbocycles. The maximum Gasteiger partial charge on any atom is 0.189 e. The van der Waals surface area contributed by atoms with E-state index in [0.717, 1.165) is 5.56 Å². The van der Waals surface area contributed by atoms with Gasteiger partial charge in [-0.15, -0.1) is 0 Å². The van der Waals surface area contributed by atoms with Crippen LogP contribution in [-0.4, -0.2) is 16.9 Å². The lowest BCUT2D eigenvalue weighted by molar-refractivity contribution is 0.00511. The van der Waals surface area contributed by atoms with Gasteiger partial charge in [0.25, 0.3) is 0 Å². The van der Waals surface area contributed by atoms with Crippen molar-refractivity contribution in [2.75, 3.05) is 6.79 Å². The fourth-order valence-corrected chi connectivity index (χ4v) is 2.61. The summed E-state index contributed by atoms with van der Waals surface area (Å²) < 4.78 is 16.8. The van der Waals surface area contributed by atoms with Crippen LogP contribution in [0.4, 0.5) is 0 Å². The molecule has 6 nitrogen and oxygen atoms in total. The van der Waals surface area contributed by atoms with E-state index in [1.807, 2.05) is 30.3 Å². The molecule has 0 aromatic heterocycles. The Balaban J connectivity index is 1.58. The molecule has 130 valence electrons. The van der Waals surface area contributed by atoms with E-state index in [4.69, 9.17) is 13.9 Å². The second kappa shape index (κ2) is 6.85. The minimum atomic E-state index is -0.263. The Hall–Kier alpha value is -3.38. The molecule has 1 heterocycles. The van der Waals surface area contributed by atoms with Crippen LogP contribution in [0.5, 0.6) is 11.5 Å². The second-order valence-electron chi connectivity index (χ2n) is 5.73. The molecule has 2 aliphatic rings. The predicted octanol–water partition coefficient (Wildman–Crippen LogP) is 3.55. The molecular weight excluding hydrogens is 334 g/mol. The van der Waals surface area contributed by atoms with Gasteiger partial charge in [0, 0.05) is 18.2 Å². The van der Waals surface area contributed by atoms with Gasteiger partial charge >= 0.3 is 0 Å². The summed E-state index contributed by atoms with van der Waals surface area (Å²) in [5.74, 6) is 0.638. The Bertz CT molecular complexity index is 1070. The van der Waals surface area contributed by atoms with Crippen LogP contribution < -0.4 is 10.2 Å². The zero-order valence-electron chi connectivity index (χ0n) is 13.7. The predicted molar refractivity (Wildman–Crippen MR) is 95.3 cm³/mol. The first-order valence-corrected chi connectivity index (χ1v) is 8.01. The fraction of sp³-hybridized carbons (Fsp3) is 0.100. The number of ether oxygens (including phenoxy) is 2. The Morgan fingerprint density at radius 1 is 1.04 bits per heavy atom. The second-order valence-corrected chi connectivity index (χ2v) is 5.73. The Kier molecular flexibility index (Phi) is 4.25. The molecule has 0 atom stereocenters. The number of aromatic hydroxyl groups is 1. The Morgan fingerprint density at radius 3 is 2.73 bits per heavy atom. The van der Waals surface area contributed by atoms with Crippen LogP contribution in [0.25, 0.3) is 22.6 Å². The number of nitrogens with zero attached hydrogens (tertiary/aromatic N) is 1. The normalized spacial score (nSPS) is 11.1. The summed E-state index contributed by atoms with van der Waals surface area (Å²) in [6, 6.07) is 17.0. The summed E-state index contributed by atoms with van der Waals surface area (Å²) in [5.41, 5.74) is 2.11. The van der Waals surface area contributed by atoms with Gasteiger partial charge in [0.1, 0.15) is 17.0 Å². The number of benzene rings is 3. The van der Waals surface area contributed by atoms with E-state index in [-0.39, 0.29) is 23.7 Å². The number of hydrogen-bond donors (Lipinski definition) is 1. The Labute approximate surface area is 148 Å². The van der Waals surface area contributed by atoms with E-state index in [0.29, 0.717) is 29.2 Å². The number of aromatic nitrogens is 1. The van der Waals surface area contributed by atoms with Gasteiger partial charge in [-0.1, -0.05) is 30.3 Å². The third kappa shape index (κ3) is 3.36. The highest BCUT2D eigenvalue weighted by Crippen LogP contribution is 2.32. The van der Waals surface area contributed by atoms with Crippen molar-refractivity contribution >= 4 is 11.1 Å². The molecule has 0 bridgehead atoms. The molecule has 0 saturated heterocycles. The first-order valence-electron chi connectivity index (χ1n) is 8.01. The highest BCUT2D eigenvalue weighted by molar-refractivity contribution is 5.79. The van der Waals surface area contributed by atoms with Crippen molar-refractivity contribution in [2.45, 2.75) is 6.61 Å². The van der Waals surface area contributed by atoms with Crippen molar-refractivity contribution in [3.05, 3.63) is 76.5 Å². The van der Waals surface area contributed by atoms with Gasteiger partial charge in [-0.3, -0.25) is 4.79 Å². The highest BCUT2D eigenvalue weighted by Gasteiger charge is 2.17. The van der Waals surface area contributed by atoms with Crippen LogP contribution >= 0.6 is 0 Å². The molecule has 0 saturated carbocycles. The van der Waals surface area contributed by atoms with E-state index in [1.54, 1.807) is 6.07 Å². The average Bonchev–Trinajstić information content (AvgIpc) is 2.64. The van der Waals surface area contributed by atoms with Gasteiger partial charge in [-0.05, 0) is 17.7 Å². The quantitative estimate of drug-likeness (QED) is 0.337. The minimum absolute atomic E-state index is 0.0251. The molecule has 0 fully saturated rings. The smallest absolute Gasteiger partial charge is 0.189 e. The van der Waals surface area contributed by atoms with Gasteiger partial charge in [0.2, 0.25) is 0 Å². The van der Waals surface area contributed by atoms with E-state index >= 15 is 0 Å². The molecule has 26 heavy (non-hydrogen) atoms. The van der Waals surface area contributed by atoms with Crippen LogP contribution in [0.2, 0.25) is 0 Å². The van der Waals surface area contributed by atoms with Crippen molar-refractivity contribution in [3.8, 4) is 23.0 Å². The topological polar surface area (TPSA) is 81.8 Å². The average molecular weight is 349 g/mol. The van der Waals surface area contributed by atoms with Crippen LogP contribution in [0.3, 0.4) is 0 Å². The molecule has 1 N–H and O–H groups in total. The van der Waals surface area contributed by atoms with Crippen molar-refractivity contribution in [2.24, 2.45) is 0 Å². The fourth-order valence-electron chi connectivity index (χ4n) is 2.61. The first-order chi connectivity index (χ1) is 12.7. The molecule has 6 heteroatoms. The summed E-state index contributed by atoms with van der Waals surface area (Å²) in [7, 11) is 0. The third-order valence-electron chi connectivity index (χ3n) is 3.82. The zero-order chi connectivity index (χ0) is 17.9. The van der Waals surface area contributed by atoms with Crippen LogP contribution in [-0.2, 0) is 11.3 Å². The number of hydrogen-bond acceptors (Lipinski definition) is 6. The molecule has 4 rings (SSSR count). The van der Waals surface area contributed by atoms with Crippen molar-refractivity contribution in [3.63, 3.8) is 0 Å². The maximum atomic E-state index is 11.9. The van der Waals surface area contributed by atoms with Gasteiger partial charge in [0.15, 0.2) is 29.3 Å². The lowest BCUT2D eigenvalue weighted by atomic mass is 10.2. The van der Waals surface area contributed by atoms with E-state index in [9.17, 15) is 9.90 Å². The van der Waals surface area contributed by atoms with Crippen LogP contribution in [0.15, 0.2) is 69.9 Å². The monoisotopic (exact) mass is 349 g/mol. The SMILES string of the molecule is O=c1cc2oc3cc(O)ccc3nc-2c(OCOCc2ccccc2)c1. The van der Waals surface area contributed by atoms with Gasteiger partial charge in [-0.2, -0.15) is 0 Å². The van der Waals surface area contributed by atoms with E-state index < -0.39 is 0 Å². The zero-order valence-corrected chi connectivity index (χ0v) is 13.7. The largest absolute Gasteiger partial charge is 0.508 e. The Morgan fingerprint density at radius 2 is 1.88 bits per heavy atom. The van der Waals surface area contributed by atoms with E-state index in [1.165, 1.54) is 24.3 Å². The van der Waals surface area contributed by atoms with Crippen molar-refractivity contribution in [1.29, 1.82) is 0 Å². The number of phenolic OH excluding ortho intramolecular Hbond substituents is 1. The first kappa shape index (κ1) is 16.1. The molecular formula is C20H15NO5. The molecule has 0 unspecified atom stereocenters.